The molecule has 1 aromatic carbocycles. The molecule has 0 bridgehead atoms. The average molecular weight is 608 g/mol. The predicted octanol–water partition coefficient (Wildman–Crippen LogP) is 6.02. The van der Waals surface area contributed by atoms with E-state index in [0.717, 1.165) is 18.2 Å². The Labute approximate surface area is 245 Å². The number of anilines is 3. The number of hydrogen-bond donors (Lipinski definition) is 3. The maximum Gasteiger partial charge on any atom is 0.416 e. The summed E-state index contributed by atoms with van der Waals surface area (Å²) in [6.45, 7) is 6.75. The Kier molecular flexibility index (Phi) is 10.0. The van der Waals surface area contributed by atoms with Crippen LogP contribution >= 0.6 is 0 Å². The molecule has 43 heavy (non-hydrogen) atoms. The molecule has 0 saturated carbocycles. The monoisotopic (exact) mass is 607 g/mol. The number of carbonyl (C=O) groups excluding carboxylic acids is 2. The number of halogens is 4. The van der Waals surface area contributed by atoms with Gasteiger partial charge in [-0.2, -0.15) is 18.2 Å². The molecule has 0 saturated heterocycles. The van der Waals surface area contributed by atoms with Crippen LogP contribution in [0.5, 0.6) is 11.8 Å². The van der Waals surface area contributed by atoms with Gasteiger partial charge in [0, 0.05) is 12.1 Å². The van der Waals surface area contributed by atoms with Crippen molar-refractivity contribution in [2.45, 2.75) is 51.9 Å². The van der Waals surface area contributed by atoms with Gasteiger partial charge in [0.1, 0.15) is 11.4 Å². The Morgan fingerprint density at radius 2 is 1.53 bits per heavy atom. The molecular formula is C29H33F4N5O5. The van der Waals surface area contributed by atoms with E-state index in [0.29, 0.717) is 11.3 Å². The molecule has 4 N–H and O–H groups in total. The first-order valence-electron chi connectivity index (χ1n) is 13.0. The fourth-order valence-corrected chi connectivity index (χ4v) is 4.12. The Hall–Kier alpha value is -4.62. The Balaban J connectivity index is 2.05. The number of carbonyl (C=O) groups is 2. The summed E-state index contributed by atoms with van der Waals surface area (Å²) < 4.78 is 70.8. The molecule has 10 nitrogen and oxygen atoms in total. The van der Waals surface area contributed by atoms with Crippen LogP contribution in [-0.4, -0.2) is 41.7 Å². The minimum atomic E-state index is -4.57. The number of methoxy groups -OCH3 is 2. The summed E-state index contributed by atoms with van der Waals surface area (Å²) in [6.07, 6.45) is -4.72. The Morgan fingerprint density at radius 1 is 0.953 bits per heavy atom. The van der Waals surface area contributed by atoms with Crippen molar-refractivity contribution in [2.75, 3.05) is 24.9 Å². The first-order chi connectivity index (χ1) is 20.0. The largest absolute Gasteiger partial charge is 0.481 e. The van der Waals surface area contributed by atoms with E-state index in [1.165, 1.54) is 38.5 Å². The molecule has 0 aliphatic heterocycles. The normalized spacial score (nSPS) is 13.1. The number of esters is 1. The van der Waals surface area contributed by atoms with Gasteiger partial charge in [-0.1, -0.05) is 19.1 Å². The number of primary amides is 1. The number of nitrogens with zero attached hydrogens (tertiary/aromatic N) is 2. The first-order valence-corrected chi connectivity index (χ1v) is 13.0. The van der Waals surface area contributed by atoms with Gasteiger partial charge in [0.15, 0.2) is 11.6 Å². The lowest BCUT2D eigenvalue weighted by molar-refractivity contribution is -0.156. The average Bonchev–Trinajstić information content (AvgIpc) is 2.91. The van der Waals surface area contributed by atoms with Crippen LogP contribution in [-0.2, 0) is 15.7 Å². The van der Waals surface area contributed by atoms with Crippen molar-refractivity contribution in [1.82, 2.24) is 9.97 Å². The van der Waals surface area contributed by atoms with Crippen molar-refractivity contribution in [3.8, 4) is 11.8 Å². The van der Waals surface area contributed by atoms with Crippen LogP contribution in [0.1, 0.15) is 61.6 Å². The predicted molar refractivity (Wildman–Crippen MR) is 151 cm³/mol. The summed E-state index contributed by atoms with van der Waals surface area (Å²) in [5.74, 6) is -3.29. The number of nitrogens with one attached hydrogen (secondary N) is 2. The number of alkyl halides is 3. The van der Waals surface area contributed by atoms with Crippen LogP contribution in [0.2, 0.25) is 0 Å². The number of nitrogens with two attached hydrogens (primary N) is 1. The van der Waals surface area contributed by atoms with Gasteiger partial charge in [-0.3, -0.25) is 9.59 Å². The number of benzene rings is 1. The van der Waals surface area contributed by atoms with E-state index < -0.39 is 47.0 Å². The molecule has 0 fully saturated rings. The highest BCUT2D eigenvalue weighted by Crippen LogP contribution is 2.35. The number of rotatable bonds is 11. The van der Waals surface area contributed by atoms with Crippen molar-refractivity contribution in [3.05, 3.63) is 65.0 Å². The highest BCUT2D eigenvalue weighted by molar-refractivity contribution is 5.98. The zero-order valence-electron chi connectivity index (χ0n) is 24.4. The molecule has 232 valence electrons. The second-order valence-corrected chi connectivity index (χ2v) is 10.7. The van der Waals surface area contributed by atoms with Crippen LogP contribution < -0.4 is 25.8 Å². The lowest BCUT2D eigenvalue weighted by atomic mass is 9.91. The molecule has 2 atom stereocenters. The van der Waals surface area contributed by atoms with E-state index in [4.69, 9.17) is 19.9 Å². The van der Waals surface area contributed by atoms with Gasteiger partial charge < -0.3 is 30.6 Å². The van der Waals surface area contributed by atoms with Crippen LogP contribution in [0.15, 0.2) is 42.5 Å². The van der Waals surface area contributed by atoms with E-state index in [-0.39, 0.29) is 35.4 Å². The molecule has 3 aromatic rings. The van der Waals surface area contributed by atoms with Crippen molar-refractivity contribution < 1.29 is 41.4 Å². The maximum atomic E-state index is 15.4. The zero-order chi connectivity index (χ0) is 32.1. The van der Waals surface area contributed by atoms with E-state index in [9.17, 15) is 22.8 Å². The van der Waals surface area contributed by atoms with Crippen LogP contribution in [0, 0.1) is 11.7 Å². The third-order valence-corrected chi connectivity index (χ3v) is 6.07. The molecule has 14 heteroatoms. The lowest BCUT2D eigenvalue weighted by Gasteiger charge is -2.28. The summed E-state index contributed by atoms with van der Waals surface area (Å²) >= 11 is 0. The number of aromatic nitrogens is 2. The van der Waals surface area contributed by atoms with Crippen molar-refractivity contribution in [2.24, 2.45) is 11.7 Å². The van der Waals surface area contributed by atoms with Crippen LogP contribution in [0.3, 0.4) is 0 Å². The van der Waals surface area contributed by atoms with Crippen molar-refractivity contribution in [3.63, 3.8) is 0 Å². The van der Waals surface area contributed by atoms with Gasteiger partial charge in [-0.05, 0) is 50.5 Å². The van der Waals surface area contributed by atoms with E-state index in [1.54, 1.807) is 27.7 Å². The quantitative estimate of drug-likeness (QED) is 0.177. The summed E-state index contributed by atoms with van der Waals surface area (Å²) in [6, 6.07) is 7.15. The minimum Gasteiger partial charge on any atom is -0.481 e. The van der Waals surface area contributed by atoms with E-state index in [2.05, 4.69) is 20.6 Å². The molecule has 0 aliphatic carbocycles. The summed E-state index contributed by atoms with van der Waals surface area (Å²) in [7, 11) is 2.77. The summed E-state index contributed by atoms with van der Waals surface area (Å²) in [4.78, 5) is 33.1. The lowest BCUT2D eigenvalue weighted by Crippen LogP contribution is -2.28. The van der Waals surface area contributed by atoms with Gasteiger partial charge in [0.2, 0.25) is 11.8 Å². The third-order valence-electron chi connectivity index (χ3n) is 6.07. The van der Waals surface area contributed by atoms with Gasteiger partial charge in [-0.15, -0.1) is 0 Å². The fraction of sp³-hybridized carbons (Fsp3) is 0.379. The maximum absolute atomic E-state index is 15.4. The molecule has 0 unspecified atom stereocenters. The fourth-order valence-electron chi connectivity index (χ4n) is 4.12. The number of pyridine rings is 2. The third kappa shape index (κ3) is 8.93. The second-order valence-electron chi connectivity index (χ2n) is 10.7. The van der Waals surface area contributed by atoms with Crippen LogP contribution in [0.25, 0.3) is 0 Å². The summed E-state index contributed by atoms with van der Waals surface area (Å²) in [5, 5.41) is 5.78. The topological polar surface area (TPSA) is 138 Å². The Bertz CT molecular complexity index is 1440. The Morgan fingerprint density at radius 3 is 2.02 bits per heavy atom. The highest BCUT2D eigenvalue weighted by atomic mass is 19.4. The number of hydrogen-bond acceptors (Lipinski definition) is 9. The van der Waals surface area contributed by atoms with E-state index >= 15 is 4.39 Å². The summed E-state index contributed by atoms with van der Waals surface area (Å²) in [5.41, 5.74) is 4.18. The molecule has 1 amide bonds. The van der Waals surface area contributed by atoms with Gasteiger partial charge in [0.25, 0.3) is 5.91 Å². The molecule has 0 aliphatic rings. The molecule has 2 heterocycles. The minimum absolute atomic E-state index is 0.141. The van der Waals surface area contributed by atoms with Gasteiger partial charge in [-0.25, -0.2) is 9.37 Å². The van der Waals surface area contributed by atoms with Gasteiger partial charge in [0.05, 0.1) is 43.5 Å². The molecule has 3 rings (SSSR count). The second kappa shape index (κ2) is 13.1. The van der Waals surface area contributed by atoms with E-state index in [1.807, 2.05) is 0 Å². The zero-order valence-corrected chi connectivity index (χ0v) is 24.4. The number of amides is 1. The molecule has 2 aromatic heterocycles. The molecular weight excluding hydrogens is 574 g/mol. The van der Waals surface area contributed by atoms with Crippen LogP contribution in [0.4, 0.5) is 34.9 Å². The molecule has 0 radical (unpaired) electrons. The first kappa shape index (κ1) is 32.9. The van der Waals surface area contributed by atoms with Crippen molar-refractivity contribution in [1.29, 1.82) is 0 Å². The smallest absolute Gasteiger partial charge is 0.416 e. The number of ether oxygens (including phenoxy) is 3. The van der Waals surface area contributed by atoms with Crippen molar-refractivity contribution >= 4 is 29.2 Å². The standard InChI is InChI=1S/C29H33F4N5O5/c1-15(11-23(39)43-28(2,3)4)24(16-7-9-17(10-8-16)29(31,32)33)37-27-20(30)14-19(25(34)40)26(38-27)35-18-12-21(41-5)36-22(13-18)42-6/h7-10,12-15,24H,11H2,1-6H3,(H2,34,40)(H2,35,36,37,38)/t15-,24+/m1/s1. The van der Waals surface area contributed by atoms with Gasteiger partial charge >= 0.3 is 12.1 Å². The highest BCUT2D eigenvalue weighted by Gasteiger charge is 2.32. The molecule has 0 spiro atoms. The SMILES string of the molecule is COc1cc(Nc2nc(N[C@H](c3ccc(C(F)(F)F)cc3)[C@H](C)CC(=O)OC(C)(C)C)c(F)cc2C(N)=O)cc(OC)n1.